The second-order valence-electron chi connectivity index (χ2n) is 2.14. The highest BCUT2D eigenvalue weighted by Crippen LogP contribution is 2.16. The van der Waals surface area contributed by atoms with Crippen LogP contribution in [0.25, 0.3) is 0 Å². The van der Waals surface area contributed by atoms with Crippen LogP contribution in [0.4, 0.5) is 0 Å². The van der Waals surface area contributed by atoms with Gasteiger partial charge in [0.15, 0.2) is 5.92 Å². The van der Waals surface area contributed by atoms with Gasteiger partial charge in [0, 0.05) is 6.42 Å². The van der Waals surface area contributed by atoms with Gasteiger partial charge in [0.05, 0.1) is 7.11 Å². The van der Waals surface area contributed by atoms with E-state index in [1.54, 1.807) is 0 Å². The van der Waals surface area contributed by atoms with Crippen molar-refractivity contribution in [2.24, 2.45) is 5.92 Å². The predicted molar refractivity (Wildman–Crippen MR) is 45.8 cm³/mol. The highest BCUT2D eigenvalue weighted by molar-refractivity contribution is 9.11. The van der Waals surface area contributed by atoms with E-state index >= 15 is 0 Å². The fourth-order valence-electron chi connectivity index (χ4n) is 0.635. The van der Waals surface area contributed by atoms with Crippen LogP contribution in [0.2, 0.25) is 0 Å². The fraction of sp³-hybridized carbons (Fsp3) is 0.429. The first kappa shape index (κ1) is 11.2. The van der Waals surface area contributed by atoms with Crippen LogP contribution in [0.3, 0.4) is 0 Å². The number of carboxylic acids is 1. The molecule has 0 rings (SSSR count). The molecular formula is C7H9BrO4. The van der Waals surface area contributed by atoms with Crippen molar-refractivity contribution >= 4 is 27.9 Å². The van der Waals surface area contributed by atoms with Gasteiger partial charge in [-0.25, -0.2) is 0 Å². The van der Waals surface area contributed by atoms with E-state index in [0.29, 0.717) is 4.48 Å². The number of methoxy groups -OCH3 is 1. The Morgan fingerprint density at radius 3 is 2.42 bits per heavy atom. The zero-order valence-electron chi connectivity index (χ0n) is 6.54. The Morgan fingerprint density at radius 1 is 1.67 bits per heavy atom. The molecule has 0 aromatic carbocycles. The number of allylic oxidation sites excluding steroid dienone is 1. The SMILES string of the molecule is C=C(Br)CC(C(=O)O)C(=O)OC. The summed E-state index contributed by atoms with van der Waals surface area (Å²) < 4.78 is 4.75. The minimum absolute atomic E-state index is 0.0437. The summed E-state index contributed by atoms with van der Waals surface area (Å²) in [5.41, 5.74) is 0. The maximum atomic E-state index is 10.8. The van der Waals surface area contributed by atoms with Crippen molar-refractivity contribution in [3.63, 3.8) is 0 Å². The normalized spacial score (nSPS) is 11.8. The average Bonchev–Trinajstić information content (AvgIpc) is 1.98. The van der Waals surface area contributed by atoms with Gasteiger partial charge in [0.1, 0.15) is 0 Å². The second kappa shape index (κ2) is 4.92. The van der Waals surface area contributed by atoms with Gasteiger partial charge in [-0.3, -0.25) is 9.59 Å². The Labute approximate surface area is 78.3 Å². The van der Waals surface area contributed by atoms with E-state index in [-0.39, 0.29) is 6.42 Å². The van der Waals surface area contributed by atoms with Gasteiger partial charge in [0.25, 0.3) is 0 Å². The lowest BCUT2D eigenvalue weighted by molar-refractivity contribution is -0.156. The van der Waals surface area contributed by atoms with Gasteiger partial charge < -0.3 is 9.84 Å². The summed E-state index contributed by atoms with van der Waals surface area (Å²) in [6, 6.07) is 0. The van der Waals surface area contributed by atoms with Crippen LogP contribution < -0.4 is 0 Å². The first-order valence-electron chi connectivity index (χ1n) is 3.13. The van der Waals surface area contributed by atoms with E-state index in [1.807, 2.05) is 0 Å². The van der Waals surface area contributed by atoms with Crippen molar-refractivity contribution in [2.45, 2.75) is 6.42 Å². The van der Waals surface area contributed by atoms with Gasteiger partial charge in [-0.2, -0.15) is 0 Å². The Kier molecular flexibility index (Phi) is 4.58. The van der Waals surface area contributed by atoms with Crippen LogP contribution in [0, 0.1) is 5.92 Å². The molecular weight excluding hydrogens is 228 g/mol. The van der Waals surface area contributed by atoms with Crippen molar-refractivity contribution in [3.05, 3.63) is 11.1 Å². The summed E-state index contributed by atoms with van der Waals surface area (Å²) in [6.07, 6.45) is 0.0437. The zero-order valence-corrected chi connectivity index (χ0v) is 8.13. The number of carbonyl (C=O) groups is 2. The number of esters is 1. The number of hydrogen-bond acceptors (Lipinski definition) is 3. The Bertz CT molecular complexity index is 211. The molecule has 1 N–H and O–H groups in total. The molecule has 5 heteroatoms. The summed E-state index contributed by atoms with van der Waals surface area (Å²) in [4.78, 5) is 21.3. The molecule has 0 saturated carbocycles. The monoisotopic (exact) mass is 236 g/mol. The van der Waals surface area contributed by atoms with Crippen molar-refractivity contribution in [2.75, 3.05) is 7.11 Å². The number of carbonyl (C=O) groups excluding carboxylic acids is 1. The third kappa shape index (κ3) is 3.52. The van der Waals surface area contributed by atoms with Gasteiger partial charge in [-0.05, 0) is 4.48 Å². The van der Waals surface area contributed by atoms with E-state index in [2.05, 4.69) is 27.2 Å². The van der Waals surface area contributed by atoms with Crippen LogP contribution in [-0.4, -0.2) is 24.2 Å². The topological polar surface area (TPSA) is 63.6 Å². The molecule has 0 fully saturated rings. The molecule has 0 aliphatic carbocycles. The summed E-state index contributed by atoms with van der Waals surface area (Å²) in [5, 5.41) is 8.56. The second-order valence-corrected chi connectivity index (χ2v) is 3.26. The molecule has 12 heavy (non-hydrogen) atoms. The van der Waals surface area contributed by atoms with Gasteiger partial charge in [0.2, 0.25) is 0 Å². The Morgan fingerprint density at radius 2 is 2.17 bits per heavy atom. The molecule has 0 bridgehead atoms. The lowest BCUT2D eigenvalue weighted by Gasteiger charge is -2.07. The molecule has 0 aliphatic heterocycles. The largest absolute Gasteiger partial charge is 0.481 e. The summed E-state index contributed by atoms with van der Waals surface area (Å²) in [5.74, 6) is -3.13. The van der Waals surface area contributed by atoms with Crippen LogP contribution in [0.5, 0.6) is 0 Å². The molecule has 1 atom stereocenters. The van der Waals surface area contributed by atoms with Crippen molar-refractivity contribution in [1.82, 2.24) is 0 Å². The standard InChI is InChI=1S/C7H9BrO4/c1-4(8)3-5(6(9)10)7(11)12-2/h5H,1,3H2,2H3,(H,9,10). The van der Waals surface area contributed by atoms with Crippen LogP contribution in [0.15, 0.2) is 11.1 Å². The lowest BCUT2D eigenvalue weighted by Crippen LogP contribution is -2.24. The number of halogens is 1. The molecule has 0 amide bonds. The lowest BCUT2D eigenvalue weighted by atomic mass is 10.1. The van der Waals surface area contributed by atoms with E-state index in [1.165, 1.54) is 0 Å². The van der Waals surface area contributed by atoms with E-state index < -0.39 is 17.9 Å². The number of carboxylic acid groups (broad SMARTS) is 1. The van der Waals surface area contributed by atoms with Crippen molar-refractivity contribution in [1.29, 1.82) is 0 Å². The summed E-state index contributed by atoms with van der Waals surface area (Å²) in [7, 11) is 1.15. The highest BCUT2D eigenvalue weighted by atomic mass is 79.9. The molecule has 0 aliphatic rings. The Hall–Kier alpha value is -0.840. The quantitative estimate of drug-likeness (QED) is 0.588. The third-order valence-corrected chi connectivity index (χ3v) is 1.53. The number of ether oxygens (including phenoxy) is 1. The molecule has 68 valence electrons. The van der Waals surface area contributed by atoms with E-state index in [9.17, 15) is 9.59 Å². The predicted octanol–water partition coefficient (Wildman–Crippen LogP) is 1.16. The number of aliphatic carboxylic acids is 1. The molecule has 0 aromatic rings. The summed E-state index contributed by atoms with van der Waals surface area (Å²) >= 11 is 2.98. The van der Waals surface area contributed by atoms with Gasteiger partial charge in [-0.15, -0.1) is 0 Å². The minimum atomic E-state index is -1.21. The smallest absolute Gasteiger partial charge is 0.320 e. The fourth-order valence-corrected chi connectivity index (χ4v) is 0.959. The maximum Gasteiger partial charge on any atom is 0.320 e. The van der Waals surface area contributed by atoms with Gasteiger partial charge >= 0.3 is 11.9 Å². The number of rotatable bonds is 4. The van der Waals surface area contributed by atoms with Crippen molar-refractivity contribution in [3.8, 4) is 0 Å². The molecule has 1 unspecified atom stereocenters. The summed E-state index contributed by atoms with van der Waals surface area (Å²) in [6.45, 7) is 3.44. The Balaban J connectivity index is 4.33. The van der Waals surface area contributed by atoms with Crippen LogP contribution in [0.1, 0.15) is 6.42 Å². The van der Waals surface area contributed by atoms with E-state index in [4.69, 9.17) is 5.11 Å². The molecule has 0 saturated heterocycles. The zero-order chi connectivity index (χ0) is 9.72. The van der Waals surface area contributed by atoms with Gasteiger partial charge in [-0.1, -0.05) is 22.5 Å². The first-order chi connectivity index (χ1) is 5.49. The first-order valence-corrected chi connectivity index (χ1v) is 3.92. The molecule has 0 aromatic heterocycles. The average molecular weight is 237 g/mol. The minimum Gasteiger partial charge on any atom is -0.481 e. The molecule has 0 spiro atoms. The molecule has 0 heterocycles. The number of hydrogen-bond donors (Lipinski definition) is 1. The third-order valence-electron chi connectivity index (χ3n) is 1.21. The molecule has 4 nitrogen and oxygen atoms in total. The van der Waals surface area contributed by atoms with Crippen molar-refractivity contribution < 1.29 is 19.4 Å². The highest BCUT2D eigenvalue weighted by Gasteiger charge is 2.27. The van der Waals surface area contributed by atoms with Crippen LogP contribution >= 0.6 is 15.9 Å². The maximum absolute atomic E-state index is 10.8. The van der Waals surface area contributed by atoms with Crippen LogP contribution in [-0.2, 0) is 14.3 Å². The van der Waals surface area contributed by atoms with E-state index in [0.717, 1.165) is 7.11 Å². The molecule has 0 radical (unpaired) electrons.